The molecule has 8 nitrogen and oxygen atoms in total. The number of nitrogens with zero attached hydrogens (tertiary/aromatic N) is 3. The zero-order valence-corrected chi connectivity index (χ0v) is 17.8. The van der Waals surface area contributed by atoms with E-state index < -0.39 is 64.0 Å². The molecule has 0 radical (unpaired) electrons. The minimum absolute atomic E-state index is 0.00683. The van der Waals surface area contributed by atoms with Gasteiger partial charge in [0.1, 0.15) is 34.6 Å². The summed E-state index contributed by atoms with van der Waals surface area (Å²) < 4.78 is 88.5. The van der Waals surface area contributed by atoms with Crippen LogP contribution in [-0.4, -0.2) is 39.6 Å². The Morgan fingerprint density at radius 2 is 1.74 bits per heavy atom. The predicted molar refractivity (Wildman–Crippen MR) is 109 cm³/mol. The molecule has 0 saturated heterocycles. The number of rotatable bonds is 6. The number of alkyl halides is 3. The molecular weight excluding hydrogens is 472 g/mol. The molecule has 3 aromatic rings. The summed E-state index contributed by atoms with van der Waals surface area (Å²) in [6.45, 7) is 0.632. The van der Waals surface area contributed by atoms with Gasteiger partial charge in [0.15, 0.2) is 6.10 Å². The van der Waals surface area contributed by atoms with Crippen molar-refractivity contribution in [3.05, 3.63) is 63.8 Å². The summed E-state index contributed by atoms with van der Waals surface area (Å²) in [4.78, 5) is 25.1. The SMILES string of the molecule is CNc1nn(-c2cc(O[C@@H](C)C(F)(F)F)c(C(=O)Nc3c(F)cccc3F)cc2F)c(=O)n1C. The van der Waals surface area contributed by atoms with Gasteiger partial charge in [0, 0.05) is 20.2 Å². The fraction of sp³-hybridized carbons (Fsp3) is 0.250. The van der Waals surface area contributed by atoms with Crippen LogP contribution in [0.1, 0.15) is 17.3 Å². The molecule has 0 aliphatic rings. The Hall–Kier alpha value is -3.97. The van der Waals surface area contributed by atoms with Crippen molar-refractivity contribution >= 4 is 17.5 Å². The van der Waals surface area contributed by atoms with Gasteiger partial charge in [0.05, 0.1) is 5.56 Å². The first-order valence-corrected chi connectivity index (χ1v) is 9.51. The highest BCUT2D eigenvalue weighted by Crippen LogP contribution is 2.31. The van der Waals surface area contributed by atoms with Crippen LogP contribution in [0.25, 0.3) is 5.69 Å². The van der Waals surface area contributed by atoms with Gasteiger partial charge in [-0.3, -0.25) is 9.36 Å². The zero-order chi connectivity index (χ0) is 25.4. The Labute approximate surface area is 187 Å². The van der Waals surface area contributed by atoms with E-state index in [1.165, 1.54) is 14.1 Å². The minimum atomic E-state index is -4.87. The molecule has 0 aliphatic carbocycles. The number of hydrogen-bond acceptors (Lipinski definition) is 5. The zero-order valence-electron chi connectivity index (χ0n) is 17.8. The van der Waals surface area contributed by atoms with E-state index in [0.29, 0.717) is 23.7 Å². The summed E-state index contributed by atoms with van der Waals surface area (Å²) in [5.74, 6) is -5.74. The highest BCUT2D eigenvalue weighted by Gasteiger charge is 2.39. The van der Waals surface area contributed by atoms with Gasteiger partial charge >= 0.3 is 11.9 Å². The first kappa shape index (κ1) is 24.7. The quantitative estimate of drug-likeness (QED) is 0.517. The monoisotopic (exact) mass is 489 g/mol. The lowest BCUT2D eigenvalue weighted by atomic mass is 10.1. The second-order valence-corrected chi connectivity index (χ2v) is 6.98. The van der Waals surface area contributed by atoms with Crippen LogP contribution < -0.4 is 21.1 Å². The van der Waals surface area contributed by atoms with Crippen molar-refractivity contribution in [1.82, 2.24) is 14.3 Å². The highest BCUT2D eigenvalue weighted by atomic mass is 19.4. The molecule has 2 aromatic carbocycles. The third-order valence-electron chi connectivity index (χ3n) is 4.69. The molecule has 2 N–H and O–H groups in total. The summed E-state index contributed by atoms with van der Waals surface area (Å²) in [5, 5.41) is 8.26. The van der Waals surface area contributed by atoms with E-state index in [2.05, 4.69) is 10.4 Å². The van der Waals surface area contributed by atoms with E-state index in [1.807, 2.05) is 5.32 Å². The lowest BCUT2D eigenvalue weighted by Crippen LogP contribution is -2.32. The molecule has 0 fully saturated rings. The number of para-hydroxylation sites is 1. The van der Waals surface area contributed by atoms with E-state index in [9.17, 15) is 35.9 Å². The number of ether oxygens (including phenoxy) is 1. The number of carbonyl (C=O) groups is 1. The summed E-state index contributed by atoms with van der Waals surface area (Å²) >= 11 is 0. The topological polar surface area (TPSA) is 90.2 Å². The molecule has 1 heterocycles. The number of anilines is 2. The molecule has 0 spiro atoms. The van der Waals surface area contributed by atoms with Gasteiger partial charge in [-0.2, -0.15) is 17.9 Å². The fourth-order valence-corrected chi connectivity index (χ4v) is 2.85. The summed E-state index contributed by atoms with van der Waals surface area (Å²) in [6, 6.07) is 3.83. The Morgan fingerprint density at radius 1 is 1.12 bits per heavy atom. The van der Waals surface area contributed by atoms with Crippen LogP contribution in [0.4, 0.5) is 38.0 Å². The molecule has 182 valence electrons. The van der Waals surface area contributed by atoms with Crippen LogP contribution in [0.2, 0.25) is 0 Å². The molecule has 0 aliphatic heterocycles. The van der Waals surface area contributed by atoms with Gasteiger partial charge in [0.2, 0.25) is 5.95 Å². The molecule has 14 heteroatoms. The van der Waals surface area contributed by atoms with Crippen molar-refractivity contribution in [3.63, 3.8) is 0 Å². The summed E-state index contributed by atoms with van der Waals surface area (Å²) in [6.07, 6.45) is -7.34. The van der Waals surface area contributed by atoms with E-state index in [-0.39, 0.29) is 5.95 Å². The standard InChI is InChI=1S/C20H17F6N5O3/c1-9(20(24,25)26)34-15-8-14(31-19(33)30(3)18(27-2)29-31)13(23)7-10(15)17(32)28-16-11(21)5-4-6-12(16)22/h4-9H,1-3H3,(H,27,29)(H,28,32)/t9-/m0/s1. The summed E-state index contributed by atoms with van der Waals surface area (Å²) in [7, 11) is 2.74. The van der Waals surface area contributed by atoms with Gasteiger partial charge in [-0.05, 0) is 25.1 Å². The van der Waals surface area contributed by atoms with Gasteiger partial charge < -0.3 is 15.4 Å². The molecule has 0 bridgehead atoms. The molecule has 1 amide bonds. The lowest BCUT2D eigenvalue weighted by molar-refractivity contribution is -0.189. The second-order valence-electron chi connectivity index (χ2n) is 6.98. The fourth-order valence-electron chi connectivity index (χ4n) is 2.85. The van der Waals surface area contributed by atoms with E-state index >= 15 is 0 Å². The maximum Gasteiger partial charge on any atom is 0.425 e. The Morgan fingerprint density at radius 3 is 2.26 bits per heavy atom. The summed E-state index contributed by atoms with van der Waals surface area (Å²) in [5.41, 5.74) is -3.19. The van der Waals surface area contributed by atoms with Crippen LogP contribution >= 0.6 is 0 Å². The van der Waals surface area contributed by atoms with Crippen molar-refractivity contribution in [2.24, 2.45) is 7.05 Å². The van der Waals surface area contributed by atoms with E-state index in [1.54, 1.807) is 0 Å². The van der Waals surface area contributed by atoms with Gasteiger partial charge in [0.25, 0.3) is 5.91 Å². The smallest absolute Gasteiger partial charge is 0.425 e. The Kier molecular flexibility index (Phi) is 6.61. The average molecular weight is 489 g/mol. The minimum Gasteiger partial charge on any atom is -0.480 e. The first-order chi connectivity index (χ1) is 15.8. The predicted octanol–water partition coefficient (Wildman–Crippen LogP) is 3.61. The number of carbonyl (C=O) groups excluding carboxylic acids is 1. The largest absolute Gasteiger partial charge is 0.480 e. The van der Waals surface area contributed by atoms with Crippen LogP contribution in [0.5, 0.6) is 5.75 Å². The van der Waals surface area contributed by atoms with E-state index in [0.717, 1.165) is 22.8 Å². The van der Waals surface area contributed by atoms with Crippen molar-refractivity contribution in [2.75, 3.05) is 17.7 Å². The second kappa shape index (κ2) is 9.11. The average Bonchev–Trinajstić information content (AvgIpc) is 3.04. The van der Waals surface area contributed by atoms with Crippen molar-refractivity contribution in [3.8, 4) is 11.4 Å². The molecule has 0 unspecified atom stereocenters. The number of hydrogen-bond donors (Lipinski definition) is 2. The normalized spacial score (nSPS) is 12.4. The molecule has 0 saturated carbocycles. The molecule has 1 atom stereocenters. The third kappa shape index (κ3) is 4.70. The number of halogens is 6. The maximum atomic E-state index is 14.9. The first-order valence-electron chi connectivity index (χ1n) is 9.51. The van der Waals surface area contributed by atoms with E-state index in [4.69, 9.17) is 4.74 Å². The molecule has 34 heavy (non-hydrogen) atoms. The van der Waals surface area contributed by atoms with Gasteiger partial charge in [-0.1, -0.05) is 6.07 Å². The third-order valence-corrected chi connectivity index (χ3v) is 4.69. The molecular formula is C20H17F6N5O3. The number of aromatic nitrogens is 3. The van der Waals surface area contributed by atoms with Crippen molar-refractivity contribution in [1.29, 1.82) is 0 Å². The van der Waals surface area contributed by atoms with Crippen LogP contribution in [0, 0.1) is 17.5 Å². The van der Waals surface area contributed by atoms with Gasteiger partial charge in [-0.25, -0.2) is 18.0 Å². The molecule has 1 aromatic heterocycles. The number of amides is 1. The van der Waals surface area contributed by atoms with Crippen molar-refractivity contribution in [2.45, 2.75) is 19.2 Å². The molecule has 3 rings (SSSR count). The Bertz CT molecular complexity index is 1280. The lowest BCUT2D eigenvalue weighted by Gasteiger charge is -2.20. The Balaban J connectivity index is 2.14. The van der Waals surface area contributed by atoms with Gasteiger partial charge in [-0.15, -0.1) is 5.10 Å². The van der Waals surface area contributed by atoms with Crippen LogP contribution in [-0.2, 0) is 7.05 Å². The van der Waals surface area contributed by atoms with Crippen molar-refractivity contribution < 1.29 is 35.9 Å². The maximum absolute atomic E-state index is 14.9. The highest BCUT2D eigenvalue weighted by molar-refractivity contribution is 6.06. The number of benzene rings is 2. The van der Waals surface area contributed by atoms with Crippen LogP contribution in [0.3, 0.4) is 0 Å². The number of nitrogens with one attached hydrogen (secondary N) is 2. The van der Waals surface area contributed by atoms with Crippen LogP contribution in [0.15, 0.2) is 35.1 Å².